The molecule has 0 atom stereocenters. The van der Waals surface area contributed by atoms with E-state index in [4.69, 9.17) is 0 Å². The van der Waals surface area contributed by atoms with Crippen molar-refractivity contribution in [1.29, 1.82) is 0 Å². The molecule has 0 aromatic heterocycles. The Kier molecular flexibility index (Phi) is 6.00. The smallest absolute Gasteiger partial charge is 0.240 e. The van der Waals surface area contributed by atoms with Crippen molar-refractivity contribution in [3.8, 4) is 0 Å². The molecule has 3 heteroatoms. The van der Waals surface area contributed by atoms with Crippen LogP contribution in [-0.4, -0.2) is 12.1 Å². The quantitative estimate of drug-likeness (QED) is 0.457. The SMILES string of the molecule is CCCCCC(=O)N/N=C/c1cccc(C)c1. The van der Waals surface area contributed by atoms with Crippen LogP contribution in [0.25, 0.3) is 0 Å². The Morgan fingerprint density at radius 3 is 2.94 bits per heavy atom. The molecule has 0 saturated heterocycles. The summed E-state index contributed by atoms with van der Waals surface area (Å²) in [4.78, 5) is 11.4. The van der Waals surface area contributed by atoms with Crippen LogP contribution >= 0.6 is 0 Å². The van der Waals surface area contributed by atoms with Crippen LogP contribution in [0.3, 0.4) is 0 Å². The summed E-state index contributed by atoms with van der Waals surface area (Å²) in [5, 5.41) is 3.94. The van der Waals surface area contributed by atoms with E-state index in [1.807, 2.05) is 31.2 Å². The summed E-state index contributed by atoms with van der Waals surface area (Å²) in [7, 11) is 0. The van der Waals surface area contributed by atoms with Crippen molar-refractivity contribution in [1.82, 2.24) is 5.43 Å². The highest BCUT2D eigenvalue weighted by molar-refractivity contribution is 5.82. The fourth-order valence-electron chi connectivity index (χ4n) is 1.52. The summed E-state index contributed by atoms with van der Waals surface area (Å²) in [5.74, 6) is -0.0117. The van der Waals surface area contributed by atoms with E-state index < -0.39 is 0 Å². The highest BCUT2D eigenvalue weighted by Gasteiger charge is 1.97. The van der Waals surface area contributed by atoms with Gasteiger partial charge in [0.1, 0.15) is 0 Å². The summed E-state index contributed by atoms with van der Waals surface area (Å²) in [6.07, 6.45) is 5.38. The number of hydrogen-bond donors (Lipinski definition) is 1. The number of carbonyl (C=O) groups is 1. The van der Waals surface area contributed by atoms with Crippen LogP contribution in [0.2, 0.25) is 0 Å². The Morgan fingerprint density at radius 1 is 1.41 bits per heavy atom. The van der Waals surface area contributed by atoms with E-state index in [1.165, 1.54) is 5.56 Å². The average molecular weight is 232 g/mol. The number of carbonyl (C=O) groups excluding carboxylic acids is 1. The first-order chi connectivity index (χ1) is 8.22. The monoisotopic (exact) mass is 232 g/mol. The van der Waals surface area contributed by atoms with Crippen LogP contribution < -0.4 is 5.43 Å². The van der Waals surface area contributed by atoms with Crippen molar-refractivity contribution in [2.24, 2.45) is 5.10 Å². The summed E-state index contributed by atoms with van der Waals surface area (Å²) in [5.41, 5.74) is 4.72. The maximum atomic E-state index is 11.4. The van der Waals surface area contributed by atoms with Crippen LogP contribution in [0.15, 0.2) is 29.4 Å². The number of rotatable bonds is 6. The van der Waals surface area contributed by atoms with E-state index in [0.717, 1.165) is 24.8 Å². The van der Waals surface area contributed by atoms with Gasteiger partial charge in [0.2, 0.25) is 5.91 Å². The molecule has 0 aliphatic rings. The van der Waals surface area contributed by atoms with E-state index in [2.05, 4.69) is 17.5 Å². The number of nitrogens with one attached hydrogen (secondary N) is 1. The molecule has 0 aliphatic carbocycles. The van der Waals surface area contributed by atoms with Crippen LogP contribution in [0.4, 0.5) is 0 Å². The molecule has 1 aromatic carbocycles. The lowest BCUT2D eigenvalue weighted by Crippen LogP contribution is -2.16. The number of hydrazone groups is 1. The van der Waals surface area contributed by atoms with Gasteiger partial charge < -0.3 is 0 Å². The van der Waals surface area contributed by atoms with Gasteiger partial charge >= 0.3 is 0 Å². The summed E-state index contributed by atoms with van der Waals surface area (Å²) in [6.45, 7) is 4.15. The van der Waals surface area contributed by atoms with E-state index in [9.17, 15) is 4.79 Å². The molecule has 0 unspecified atom stereocenters. The van der Waals surface area contributed by atoms with Crippen LogP contribution in [0.1, 0.15) is 43.7 Å². The molecule has 0 heterocycles. The number of aryl methyl sites for hydroxylation is 1. The zero-order chi connectivity index (χ0) is 12.5. The van der Waals surface area contributed by atoms with Crippen LogP contribution in [-0.2, 0) is 4.79 Å². The Hall–Kier alpha value is -1.64. The van der Waals surface area contributed by atoms with Gasteiger partial charge in [0.25, 0.3) is 0 Å². The van der Waals surface area contributed by atoms with Crippen LogP contribution in [0, 0.1) is 6.92 Å². The lowest BCUT2D eigenvalue weighted by atomic mass is 10.2. The number of nitrogens with zero attached hydrogens (tertiary/aromatic N) is 1. The zero-order valence-electron chi connectivity index (χ0n) is 10.6. The van der Waals surface area contributed by atoms with Gasteiger partial charge in [-0.15, -0.1) is 0 Å². The predicted molar refractivity (Wildman–Crippen MR) is 71.1 cm³/mol. The first kappa shape index (κ1) is 13.4. The standard InChI is InChI=1S/C14H20N2O/c1-3-4-5-9-14(17)16-15-11-13-8-6-7-12(2)10-13/h6-8,10-11H,3-5,9H2,1-2H3,(H,16,17)/b15-11+. The lowest BCUT2D eigenvalue weighted by molar-refractivity contribution is -0.121. The molecule has 1 aromatic rings. The Bertz CT molecular complexity index is 386. The van der Waals surface area contributed by atoms with E-state index >= 15 is 0 Å². The molecule has 0 bridgehead atoms. The van der Waals surface area contributed by atoms with E-state index in [0.29, 0.717) is 6.42 Å². The van der Waals surface area contributed by atoms with Crippen molar-refractivity contribution in [3.05, 3.63) is 35.4 Å². The first-order valence-corrected chi connectivity index (χ1v) is 6.11. The third-order valence-electron chi connectivity index (χ3n) is 2.45. The number of unbranched alkanes of at least 4 members (excludes halogenated alkanes) is 2. The van der Waals surface area contributed by atoms with Gasteiger partial charge in [0.05, 0.1) is 6.21 Å². The molecule has 0 fully saturated rings. The summed E-state index contributed by atoms with van der Waals surface area (Å²) < 4.78 is 0. The molecule has 3 nitrogen and oxygen atoms in total. The molecule has 1 rings (SSSR count). The second-order valence-corrected chi connectivity index (χ2v) is 4.16. The Balaban J connectivity index is 2.32. The Labute approximate surface area is 103 Å². The van der Waals surface area contributed by atoms with Crippen molar-refractivity contribution < 1.29 is 4.79 Å². The first-order valence-electron chi connectivity index (χ1n) is 6.11. The molecule has 17 heavy (non-hydrogen) atoms. The van der Waals surface area contributed by atoms with Gasteiger partial charge in [-0.2, -0.15) is 5.10 Å². The normalized spacial score (nSPS) is 10.7. The molecule has 92 valence electrons. The molecule has 0 radical (unpaired) electrons. The highest BCUT2D eigenvalue weighted by atomic mass is 16.2. The molecular weight excluding hydrogens is 212 g/mol. The molecular formula is C14H20N2O. The molecule has 0 spiro atoms. The maximum absolute atomic E-state index is 11.4. The average Bonchev–Trinajstić information content (AvgIpc) is 2.29. The predicted octanol–water partition coefficient (Wildman–Crippen LogP) is 3.03. The lowest BCUT2D eigenvalue weighted by Gasteiger charge is -1.99. The van der Waals surface area contributed by atoms with E-state index in [1.54, 1.807) is 6.21 Å². The fraction of sp³-hybridized carbons (Fsp3) is 0.429. The molecule has 0 saturated carbocycles. The van der Waals surface area contributed by atoms with Crippen LogP contribution in [0.5, 0.6) is 0 Å². The number of hydrogen-bond acceptors (Lipinski definition) is 2. The van der Waals surface area contributed by atoms with Crippen molar-refractivity contribution >= 4 is 12.1 Å². The largest absolute Gasteiger partial charge is 0.273 e. The zero-order valence-corrected chi connectivity index (χ0v) is 10.6. The summed E-state index contributed by atoms with van der Waals surface area (Å²) in [6, 6.07) is 7.98. The van der Waals surface area contributed by atoms with Crippen molar-refractivity contribution in [3.63, 3.8) is 0 Å². The Morgan fingerprint density at radius 2 is 2.24 bits per heavy atom. The van der Waals surface area contributed by atoms with E-state index in [-0.39, 0.29) is 5.91 Å². The highest BCUT2D eigenvalue weighted by Crippen LogP contribution is 2.01. The second kappa shape index (κ2) is 7.60. The minimum atomic E-state index is -0.0117. The number of amides is 1. The molecule has 0 aliphatic heterocycles. The number of benzene rings is 1. The third kappa shape index (κ3) is 5.85. The van der Waals surface area contributed by atoms with Gasteiger partial charge in [-0.3, -0.25) is 4.79 Å². The van der Waals surface area contributed by atoms with Gasteiger partial charge in [-0.25, -0.2) is 5.43 Å². The minimum absolute atomic E-state index is 0.0117. The van der Waals surface area contributed by atoms with Gasteiger partial charge in [-0.1, -0.05) is 49.6 Å². The van der Waals surface area contributed by atoms with Crippen molar-refractivity contribution in [2.75, 3.05) is 0 Å². The van der Waals surface area contributed by atoms with Gasteiger partial charge in [0.15, 0.2) is 0 Å². The topological polar surface area (TPSA) is 41.5 Å². The van der Waals surface area contributed by atoms with Gasteiger partial charge in [-0.05, 0) is 18.9 Å². The van der Waals surface area contributed by atoms with Gasteiger partial charge in [0, 0.05) is 6.42 Å². The second-order valence-electron chi connectivity index (χ2n) is 4.16. The molecule has 1 N–H and O–H groups in total. The minimum Gasteiger partial charge on any atom is -0.273 e. The van der Waals surface area contributed by atoms with Crippen molar-refractivity contribution in [2.45, 2.75) is 39.5 Å². The third-order valence-corrected chi connectivity index (χ3v) is 2.45. The maximum Gasteiger partial charge on any atom is 0.240 e. The summed E-state index contributed by atoms with van der Waals surface area (Å²) >= 11 is 0. The molecule has 1 amide bonds. The fourth-order valence-corrected chi connectivity index (χ4v) is 1.52.